The number of aryl methyl sites for hydroxylation is 1. The Balaban J connectivity index is 2.26. The zero-order valence-corrected chi connectivity index (χ0v) is 10.3. The highest BCUT2D eigenvalue weighted by Gasteiger charge is 2.20. The van der Waals surface area contributed by atoms with Gasteiger partial charge in [-0.3, -0.25) is 0 Å². The summed E-state index contributed by atoms with van der Waals surface area (Å²) in [4.78, 5) is 0. The molecule has 0 spiro atoms. The molecule has 2 rings (SSSR count). The molecule has 1 aliphatic heterocycles. The SMILES string of the molecule is Cc1nn(C2CCCOC2)c(N)c1I. The molecule has 1 fully saturated rings. The smallest absolute Gasteiger partial charge is 0.135 e. The first-order chi connectivity index (χ1) is 6.70. The molecule has 0 bridgehead atoms. The Morgan fingerprint density at radius 3 is 2.93 bits per heavy atom. The fraction of sp³-hybridized carbons (Fsp3) is 0.667. The third-order valence-corrected chi connectivity index (χ3v) is 3.86. The van der Waals surface area contributed by atoms with E-state index >= 15 is 0 Å². The average molecular weight is 307 g/mol. The molecular formula is C9H14IN3O. The standard InChI is InChI=1S/C9H14IN3O/c1-6-8(10)9(11)13(12-6)7-3-2-4-14-5-7/h7H,2-5,11H2,1H3. The van der Waals surface area contributed by atoms with Crippen molar-refractivity contribution in [3.63, 3.8) is 0 Å². The summed E-state index contributed by atoms with van der Waals surface area (Å²) in [7, 11) is 0. The van der Waals surface area contributed by atoms with Crippen molar-refractivity contribution in [2.24, 2.45) is 0 Å². The lowest BCUT2D eigenvalue weighted by Crippen LogP contribution is -2.23. The first kappa shape index (κ1) is 10.2. The Bertz CT molecular complexity index is 331. The van der Waals surface area contributed by atoms with Gasteiger partial charge in [-0.05, 0) is 42.4 Å². The van der Waals surface area contributed by atoms with Crippen LogP contribution in [0.25, 0.3) is 0 Å². The minimum absolute atomic E-state index is 0.325. The van der Waals surface area contributed by atoms with Gasteiger partial charge in [-0.15, -0.1) is 0 Å². The van der Waals surface area contributed by atoms with Crippen molar-refractivity contribution < 1.29 is 4.74 Å². The van der Waals surface area contributed by atoms with Gasteiger partial charge in [0.05, 0.1) is 21.9 Å². The zero-order chi connectivity index (χ0) is 10.1. The largest absolute Gasteiger partial charge is 0.383 e. The minimum Gasteiger partial charge on any atom is -0.383 e. The number of nitrogen functional groups attached to an aromatic ring is 1. The molecule has 4 nitrogen and oxygen atoms in total. The number of ether oxygens (including phenoxy) is 1. The maximum absolute atomic E-state index is 5.97. The predicted octanol–water partition coefficient (Wildman–Crippen LogP) is 1.73. The maximum Gasteiger partial charge on any atom is 0.135 e. The summed E-state index contributed by atoms with van der Waals surface area (Å²) in [5, 5.41) is 4.44. The molecule has 1 aromatic heterocycles. The molecule has 14 heavy (non-hydrogen) atoms. The van der Waals surface area contributed by atoms with Crippen molar-refractivity contribution in [1.29, 1.82) is 0 Å². The van der Waals surface area contributed by atoms with Gasteiger partial charge in [-0.25, -0.2) is 4.68 Å². The molecule has 1 aliphatic rings. The lowest BCUT2D eigenvalue weighted by Gasteiger charge is -2.23. The molecule has 1 saturated heterocycles. The van der Waals surface area contributed by atoms with E-state index in [1.807, 2.05) is 11.6 Å². The fourth-order valence-electron chi connectivity index (χ4n) is 1.74. The first-order valence-corrected chi connectivity index (χ1v) is 5.86. The summed E-state index contributed by atoms with van der Waals surface area (Å²) in [5.41, 5.74) is 6.98. The topological polar surface area (TPSA) is 53.1 Å². The van der Waals surface area contributed by atoms with Crippen LogP contribution in [0.2, 0.25) is 0 Å². The molecule has 0 radical (unpaired) electrons. The van der Waals surface area contributed by atoms with E-state index in [1.54, 1.807) is 0 Å². The Labute approximate surface area is 96.9 Å². The van der Waals surface area contributed by atoms with Crippen LogP contribution in [0.5, 0.6) is 0 Å². The molecule has 2 N–H and O–H groups in total. The molecule has 5 heteroatoms. The van der Waals surface area contributed by atoms with Crippen LogP contribution in [-0.4, -0.2) is 23.0 Å². The molecule has 1 atom stereocenters. The van der Waals surface area contributed by atoms with E-state index in [9.17, 15) is 0 Å². The summed E-state index contributed by atoms with van der Waals surface area (Å²) in [5.74, 6) is 0.776. The second-order valence-corrected chi connectivity index (χ2v) is 4.68. The number of nitrogens with two attached hydrogens (primary N) is 1. The van der Waals surface area contributed by atoms with Gasteiger partial charge in [0.2, 0.25) is 0 Å². The molecular weight excluding hydrogens is 293 g/mol. The fourth-order valence-corrected chi connectivity index (χ4v) is 2.10. The van der Waals surface area contributed by atoms with Gasteiger partial charge in [-0.1, -0.05) is 0 Å². The van der Waals surface area contributed by atoms with Crippen molar-refractivity contribution in [3.05, 3.63) is 9.26 Å². The Kier molecular flexibility index (Phi) is 2.96. The van der Waals surface area contributed by atoms with Crippen molar-refractivity contribution in [3.8, 4) is 0 Å². The quantitative estimate of drug-likeness (QED) is 0.804. The van der Waals surface area contributed by atoms with Gasteiger partial charge in [0.25, 0.3) is 0 Å². The van der Waals surface area contributed by atoms with Crippen molar-refractivity contribution in [2.45, 2.75) is 25.8 Å². The molecule has 1 aromatic rings. The van der Waals surface area contributed by atoms with E-state index in [0.717, 1.165) is 41.1 Å². The van der Waals surface area contributed by atoms with Crippen LogP contribution in [0.3, 0.4) is 0 Å². The molecule has 2 heterocycles. The van der Waals surface area contributed by atoms with Gasteiger partial charge in [0, 0.05) is 6.61 Å². The monoisotopic (exact) mass is 307 g/mol. The highest BCUT2D eigenvalue weighted by atomic mass is 127. The van der Waals surface area contributed by atoms with E-state index in [4.69, 9.17) is 10.5 Å². The number of rotatable bonds is 1. The molecule has 0 aromatic carbocycles. The third kappa shape index (κ3) is 1.75. The summed E-state index contributed by atoms with van der Waals surface area (Å²) in [6, 6.07) is 0.325. The number of hydrogen-bond donors (Lipinski definition) is 1. The van der Waals surface area contributed by atoms with Gasteiger partial charge in [0.1, 0.15) is 5.82 Å². The highest BCUT2D eigenvalue weighted by molar-refractivity contribution is 14.1. The van der Waals surface area contributed by atoms with Crippen LogP contribution in [0.15, 0.2) is 0 Å². The number of halogens is 1. The summed E-state index contributed by atoms with van der Waals surface area (Å²) in [6.45, 7) is 3.59. The van der Waals surface area contributed by atoms with Crippen LogP contribution in [0.1, 0.15) is 24.6 Å². The maximum atomic E-state index is 5.97. The zero-order valence-electron chi connectivity index (χ0n) is 8.16. The highest BCUT2D eigenvalue weighted by Crippen LogP contribution is 2.26. The van der Waals surface area contributed by atoms with Crippen LogP contribution >= 0.6 is 22.6 Å². The van der Waals surface area contributed by atoms with E-state index in [2.05, 4.69) is 27.7 Å². The van der Waals surface area contributed by atoms with Gasteiger partial charge in [-0.2, -0.15) is 5.10 Å². The third-order valence-electron chi connectivity index (χ3n) is 2.53. The van der Waals surface area contributed by atoms with E-state index in [1.165, 1.54) is 0 Å². The van der Waals surface area contributed by atoms with Crippen molar-refractivity contribution in [2.75, 3.05) is 18.9 Å². The summed E-state index contributed by atoms with van der Waals surface area (Å²) >= 11 is 2.24. The Morgan fingerprint density at radius 1 is 1.64 bits per heavy atom. The normalized spacial score (nSPS) is 22.6. The molecule has 1 unspecified atom stereocenters. The Morgan fingerprint density at radius 2 is 2.43 bits per heavy atom. The van der Waals surface area contributed by atoms with Gasteiger partial charge in [0.15, 0.2) is 0 Å². The second kappa shape index (κ2) is 4.06. The van der Waals surface area contributed by atoms with Gasteiger partial charge < -0.3 is 10.5 Å². The number of aromatic nitrogens is 2. The lowest BCUT2D eigenvalue weighted by molar-refractivity contribution is 0.0556. The molecule has 0 aliphatic carbocycles. The lowest BCUT2D eigenvalue weighted by atomic mass is 10.1. The average Bonchev–Trinajstić information content (AvgIpc) is 2.47. The second-order valence-electron chi connectivity index (χ2n) is 3.60. The number of anilines is 1. The van der Waals surface area contributed by atoms with Crippen LogP contribution in [-0.2, 0) is 4.74 Å². The number of nitrogens with zero attached hydrogens (tertiary/aromatic N) is 2. The van der Waals surface area contributed by atoms with Crippen LogP contribution < -0.4 is 5.73 Å². The molecule has 78 valence electrons. The van der Waals surface area contributed by atoms with Crippen LogP contribution in [0.4, 0.5) is 5.82 Å². The summed E-state index contributed by atoms with van der Waals surface area (Å²) in [6.07, 6.45) is 2.21. The van der Waals surface area contributed by atoms with E-state index in [-0.39, 0.29) is 0 Å². The van der Waals surface area contributed by atoms with E-state index < -0.39 is 0 Å². The van der Waals surface area contributed by atoms with Gasteiger partial charge >= 0.3 is 0 Å². The Hall–Kier alpha value is -0.300. The van der Waals surface area contributed by atoms with E-state index in [0.29, 0.717) is 6.04 Å². The number of hydrogen-bond acceptors (Lipinski definition) is 3. The predicted molar refractivity (Wildman–Crippen MR) is 63.2 cm³/mol. The molecule has 0 amide bonds. The minimum atomic E-state index is 0.325. The van der Waals surface area contributed by atoms with Crippen molar-refractivity contribution in [1.82, 2.24) is 9.78 Å². The first-order valence-electron chi connectivity index (χ1n) is 4.78. The molecule has 0 saturated carbocycles. The van der Waals surface area contributed by atoms with Crippen LogP contribution in [0, 0.1) is 10.5 Å². The summed E-state index contributed by atoms with van der Waals surface area (Å²) < 4.78 is 8.40. The van der Waals surface area contributed by atoms with Crippen molar-refractivity contribution >= 4 is 28.4 Å².